The second-order valence-electron chi connectivity index (χ2n) is 11.3. The summed E-state index contributed by atoms with van der Waals surface area (Å²) in [7, 11) is 3.34. The maximum Gasteiger partial charge on any atom is 0.325 e. The Morgan fingerprint density at radius 3 is 2.35 bits per heavy atom. The molecule has 6 rings (SSSR count). The molecule has 4 heterocycles. The molecule has 0 radical (unpaired) electrons. The highest BCUT2D eigenvalue weighted by atomic mass is 16.6. The number of amides is 2. The smallest absolute Gasteiger partial charge is 0.325 e. The standard InChI is InChI=1S/C33H35N9O4/c1-41(19-22-6-4-3-5-7-22)33(43)42(29-13-8-23(15-35-29)25-17-37-32(44-2)38-18-25)27-11-9-26(10-12-27)39-31-36-16-24(14-34)30(40-31)46-28-20-45-21-28/h3-8,13,15-18,26-28H,9-12,19-21H2,1-2H3,(H,36,39,40)/t26-,27-. The summed E-state index contributed by atoms with van der Waals surface area (Å²) in [4.78, 5) is 39.5. The van der Waals surface area contributed by atoms with Gasteiger partial charge in [0.15, 0.2) is 0 Å². The Labute approximate surface area is 267 Å². The molecule has 46 heavy (non-hydrogen) atoms. The first-order valence-electron chi connectivity index (χ1n) is 15.2. The molecule has 2 fully saturated rings. The fourth-order valence-corrected chi connectivity index (χ4v) is 5.52. The number of hydrogen-bond donors (Lipinski definition) is 1. The van der Waals surface area contributed by atoms with Crippen LogP contribution in [0.2, 0.25) is 0 Å². The van der Waals surface area contributed by atoms with E-state index in [0.717, 1.165) is 42.4 Å². The summed E-state index contributed by atoms with van der Waals surface area (Å²) in [6, 6.07) is 16.0. The van der Waals surface area contributed by atoms with Crippen LogP contribution in [0.3, 0.4) is 0 Å². The molecule has 3 aromatic heterocycles. The normalized spacial score (nSPS) is 17.7. The lowest BCUT2D eigenvalue weighted by Gasteiger charge is -2.38. The van der Waals surface area contributed by atoms with E-state index in [4.69, 9.17) is 19.2 Å². The summed E-state index contributed by atoms with van der Waals surface area (Å²) in [5.74, 6) is 1.25. The molecule has 2 amide bonds. The third kappa shape index (κ3) is 7.13. The van der Waals surface area contributed by atoms with E-state index in [9.17, 15) is 10.1 Å². The van der Waals surface area contributed by atoms with Gasteiger partial charge in [-0.15, -0.1) is 0 Å². The number of urea groups is 1. The summed E-state index contributed by atoms with van der Waals surface area (Å²) in [6.45, 7) is 1.43. The van der Waals surface area contributed by atoms with Crippen LogP contribution in [0.25, 0.3) is 11.1 Å². The van der Waals surface area contributed by atoms with Gasteiger partial charge in [0.05, 0.1) is 26.5 Å². The number of ether oxygens (including phenoxy) is 3. The number of nitrogens with zero attached hydrogens (tertiary/aromatic N) is 8. The molecule has 1 aromatic carbocycles. The molecule has 0 bridgehead atoms. The Kier molecular flexibility index (Phi) is 9.45. The van der Waals surface area contributed by atoms with Crippen molar-refractivity contribution in [3.63, 3.8) is 0 Å². The molecule has 0 spiro atoms. The van der Waals surface area contributed by atoms with Crippen LogP contribution >= 0.6 is 0 Å². The zero-order valence-electron chi connectivity index (χ0n) is 25.7. The molecule has 0 unspecified atom stereocenters. The minimum atomic E-state index is -0.120. The lowest BCUT2D eigenvalue weighted by atomic mass is 9.90. The maximum absolute atomic E-state index is 14.1. The molecule has 236 valence electrons. The molecule has 13 nitrogen and oxygen atoms in total. The molecule has 2 aliphatic rings. The Morgan fingerprint density at radius 2 is 1.72 bits per heavy atom. The van der Waals surface area contributed by atoms with E-state index in [0.29, 0.717) is 37.5 Å². The van der Waals surface area contributed by atoms with Gasteiger partial charge in [-0.05, 0) is 43.4 Å². The quantitative estimate of drug-likeness (QED) is 0.267. The van der Waals surface area contributed by atoms with E-state index in [2.05, 4.69) is 31.3 Å². The summed E-state index contributed by atoms with van der Waals surface area (Å²) < 4.78 is 16.1. The summed E-state index contributed by atoms with van der Waals surface area (Å²) >= 11 is 0. The van der Waals surface area contributed by atoms with E-state index in [1.54, 1.807) is 23.5 Å². The van der Waals surface area contributed by atoms with E-state index in [1.165, 1.54) is 13.3 Å². The van der Waals surface area contributed by atoms with Crippen LogP contribution in [-0.2, 0) is 11.3 Å². The van der Waals surface area contributed by atoms with Gasteiger partial charge in [-0.25, -0.2) is 24.7 Å². The Balaban J connectivity index is 1.17. The van der Waals surface area contributed by atoms with Crippen LogP contribution in [0.1, 0.15) is 36.8 Å². The van der Waals surface area contributed by atoms with Gasteiger partial charge in [0.2, 0.25) is 11.8 Å². The van der Waals surface area contributed by atoms with Crippen LogP contribution < -0.4 is 19.7 Å². The second kappa shape index (κ2) is 14.2. The average Bonchev–Trinajstić information content (AvgIpc) is 3.08. The van der Waals surface area contributed by atoms with Crippen LogP contribution in [0.5, 0.6) is 11.9 Å². The SMILES string of the molecule is COc1ncc(-c2ccc(N(C(=O)N(C)Cc3ccccc3)[C@H]3CC[C@H](Nc4ncc(C#N)c(OC5COC5)n4)CC3)nc2)cn1. The molecule has 1 aliphatic carbocycles. The number of hydrogen-bond acceptors (Lipinski definition) is 11. The van der Waals surface area contributed by atoms with Crippen molar-refractivity contribution in [3.8, 4) is 29.1 Å². The highest BCUT2D eigenvalue weighted by molar-refractivity contribution is 5.91. The van der Waals surface area contributed by atoms with Gasteiger partial charge in [-0.2, -0.15) is 10.2 Å². The number of benzene rings is 1. The molecule has 1 N–H and O–H groups in total. The largest absolute Gasteiger partial charge is 0.468 e. The van der Waals surface area contributed by atoms with Crippen molar-refractivity contribution in [2.24, 2.45) is 0 Å². The topological polar surface area (TPSA) is 152 Å². The fourth-order valence-electron chi connectivity index (χ4n) is 5.52. The summed E-state index contributed by atoms with van der Waals surface area (Å²) in [5.41, 5.74) is 2.96. The Bertz CT molecular complexity index is 1650. The number of nitrogens with one attached hydrogen (secondary N) is 1. The van der Waals surface area contributed by atoms with Crippen molar-refractivity contribution in [2.45, 2.75) is 50.4 Å². The van der Waals surface area contributed by atoms with Crippen molar-refractivity contribution < 1.29 is 19.0 Å². The van der Waals surface area contributed by atoms with Crippen LogP contribution in [0, 0.1) is 11.3 Å². The van der Waals surface area contributed by atoms with Gasteiger partial charge in [0.1, 0.15) is 23.6 Å². The predicted molar refractivity (Wildman–Crippen MR) is 169 cm³/mol. The summed E-state index contributed by atoms with van der Waals surface area (Å²) in [5, 5.41) is 12.9. The second-order valence-corrected chi connectivity index (χ2v) is 11.3. The fraction of sp³-hybridized carbons (Fsp3) is 0.364. The molecule has 0 atom stereocenters. The van der Waals surface area contributed by atoms with Gasteiger partial charge in [-0.3, -0.25) is 4.90 Å². The molecule has 1 aliphatic heterocycles. The number of pyridine rings is 1. The van der Waals surface area contributed by atoms with Crippen molar-refractivity contribution in [1.29, 1.82) is 5.26 Å². The number of anilines is 2. The zero-order chi connectivity index (χ0) is 31.9. The first-order valence-corrected chi connectivity index (χ1v) is 15.2. The number of rotatable bonds is 10. The molecule has 1 saturated heterocycles. The van der Waals surface area contributed by atoms with Crippen molar-refractivity contribution in [2.75, 3.05) is 37.6 Å². The highest BCUT2D eigenvalue weighted by Gasteiger charge is 2.33. The van der Waals surface area contributed by atoms with Crippen LogP contribution in [0.4, 0.5) is 16.6 Å². The van der Waals surface area contributed by atoms with Crippen molar-refractivity contribution >= 4 is 17.8 Å². The van der Waals surface area contributed by atoms with E-state index in [1.807, 2.05) is 54.4 Å². The van der Waals surface area contributed by atoms with Crippen molar-refractivity contribution in [3.05, 3.63) is 78.4 Å². The van der Waals surface area contributed by atoms with Crippen LogP contribution in [-0.4, -0.2) is 81.4 Å². The predicted octanol–water partition coefficient (Wildman–Crippen LogP) is 4.47. The maximum atomic E-state index is 14.1. The number of methoxy groups -OCH3 is 1. The third-order valence-corrected chi connectivity index (χ3v) is 8.09. The van der Waals surface area contributed by atoms with Crippen LogP contribution in [0.15, 0.2) is 67.3 Å². The lowest BCUT2D eigenvalue weighted by Crippen LogP contribution is -2.49. The summed E-state index contributed by atoms with van der Waals surface area (Å²) in [6.07, 6.45) is 9.54. The van der Waals surface area contributed by atoms with Gasteiger partial charge in [0, 0.05) is 55.4 Å². The first-order chi connectivity index (χ1) is 22.5. The Morgan fingerprint density at radius 1 is 0.978 bits per heavy atom. The molecule has 13 heteroatoms. The monoisotopic (exact) mass is 621 g/mol. The zero-order valence-corrected chi connectivity index (χ0v) is 25.7. The van der Waals surface area contributed by atoms with Gasteiger partial charge >= 0.3 is 12.0 Å². The minimum Gasteiger partial charge on any atom is -0.468 e. The first kappa shape index (κ1) is 30.7. The average molecular weight is 622 g/mol. The van der Waals surface area contributed by atoms with E-state index >= 15 is 0 Å². The number of carbonyl (C=O) groups is 1. The van der Waals surface area contributed by atoms with Gasteiger partial charge in [-0.1, -0.05) is 30.3 Å². The number of nitriles is 1. The van der Waals surface area contributed by atoms with Crippen molar-refractivity contribution in [1.82, 2.24) is 29.8 Å². The Hall–Kier alpha value is -5.35. The molecule has 1 saturated carbocycles. The van der Waals surface area contributed by atoms with E-state index in [-0.39, 0.29) is 35.7 Å². The number of carbonyl (C=O) groups excluding carboxylic acids is 1. The van der Waals surface area contributed by atoms with Gasteiger partial charge in [0.25, 0.3) is 0 Å². The molecule has 4 aromatic rings. The minimum absolute atomic E-state index is 0.0640. The highest BCUT2D eigenvalue weighted by Crippen LogP contribution is 2.31. The van der Waals surface area contributed by atoms with Gasteiger partial charge < -0.3 is 24.4 Å². The lowest BCUT2D eigenvalue weighted by molar-refractivity contribution is -0.0814. The number of aromatic nitrogens is 5. The van der Waals surface area contributed by atoms with E-state index < -0.39 is 0 Å². The molecular weight excluding hydrogens is 586 g/mol. The third-order valence-electron chi connectivity index (χ3n) is 8.09. The molecular formula is C33H35N9O4.